The molecule has 0 aliphatic rings. The van der Waals surface area contributed by atoms with Crippen LogP contribution in [0.1, 0.15) is 22.8 Å². The van der Waals surface area contributed by atoms with Crippen LogP contribution in [0, 0.1) is 0 Å². The van der Waals surface area contributed by atoms with Crippen LogP contribution in [0.2, 0.25) is 0 Å². The van der Waals surface area contributed by atoms with Crippen LogP contribution in [0.25, 0.3) is 6.08 Å². The van der Waals surface area contributed by atoms with Crippen molar-refractivity contribution in [3.05, 3.63) is 35.4 Å². The number of carbonyl (C=O) groups excluding carboxylic acids is 1. The monoisotopic (exact) mass is 220 g/mol. The number of hydrogen-bond acceptors (Lipinski definition) is 3. The third-order valence-electron chi connectivity index (χ3n) is 2.02. The number of ketones is 1. The molecular formula is C12H12O4. The van der Waals surface area contributed by atoms with E-state index in [1.165, 1.54) is 20.1 Å². The van der Waals surface area contributed by atoms with Crippen LogP contribution >= 0.6 is 0 Å². The second kappa shape index (κ2) is 5.11. The van der Waals surface area contributed by atoms with E-state index in [1.807, 2.05) is 0 Å². The smallest absolute Gasteiger partial charge is 0.328 e. The van der Waals surface area contributed by atoms with E-state index in [0.29, 0.717) is 16.9 Å². The molecule has 4 nitrogen and oxygen atoms in total. The van der Waals surface area contributed by atoms with Crippen LogP contribution in [0.5, 0.6) is 5.75 Å². The average molecular weight is 220 g/mol. The number of benzene rings is 1. The largest absolute Gasteiger partial charge is 0.496 e. The quantitative estimate of drug-likeness (QED) is 0.622. The molecule has 0 amide bonds. The van der Waals surface area contributed by atoms with E-state index in [1.54, 1.807) is 18.2 Å². The number of hydrogen-bond donors (Lipinski definition) is 1. The van der Waals surface area contributed by atoms with Gasteiger partial charge in [0.25, 0.3) is 0 Å². The second-order valence-corrected chi connectivity index (χ2v) is 3.19. The lowest BCUT2D eigenvalue weighted by Gasteiger charge is -2.06. The fourth-order valence-electron chi connectivity index (χ4n) is 1.27. The maximum Gasteiger partial charge on any atom is 0.328 e. The van der Waals surface area contributed by atoms with Crippen LogP contribution in [-0.4, -0.2) is 24.0 Å². The van der Waals surface area contributed by atoms with Crippen molar-refractivity contribution in [2.24, 2.45) is 0 Å². The molecule has 16 heavy (non-hydrogen) atoms. The zero-order valence-electron chi connectivity index (χ0n) is 9.06. The van der Waals surface area contributed by atoms with Gasteiger partial charge in [-0.3, -0.25) is 4.79 Å². The van der Waals surface area contributed by atoms with Gasteiger partial charge in [-0.25, -0.2) is 4.79 Å². The van der Waals surface area contributed by atoms with Crippen molar-refractivity contribution in [3.63, 3.8) is 0 Å². The molecule has 0 radical (unpaired) electrons. The fraction of sp³-hybridized carbons (Fsp3) is 0.167. The summed E-state index contributed by atoms with van der Waals surface area (Å²) in [5, 5.41) is 8.47. The lowest BCUT2D eigenvalue weighted by Crippen LogP contribution is -1.97. The molecule has 0 saturated heterocycles. The zero-order chi connectivity index (χ0) is 12.1. The van der Waals surface area contributed by atoms with Crippen molar-refractivity contribution in [2.45, 2.75) is 6.92 Å². The molecule has 0 bridgehead atoms. The van der Waals surface area contributed by atoms with Crippen molar-refractivity contribution in [1.82, 2.24) is 0 Å². The molecule has 1 aromatic carbocycles. The van der Waals surface area contributed by atoms with Crippen LogP contribution in [0.3, 0.4) is 0 Å². The standard InChI is InChI=1S/C12H12O4/c1-8(13)10-5-3-9(4-6-12(14)15)7-11(10)16-2/h3-7H,1-2H3,(H,14,15). The summed E-state index contributed by atoms with van der Waals surface area (Å²) in [4.78, 5) is 21.5. The summed E-state index contributed by atoms with van der Waals surface area (Å²) in [6, 6.07) is 4.90. The van der Waals surface area contributed by atoms with Gasteiger partial charge in [-0.05, 0) is 30.7 Å². The number of carbonyl (C=O) groups is 2. The van der Waals surface area contributed by atoms with E-state index in [2.05, 4.69) is 0 Å². The molecule has 0 aromatic heterocycles. The molecule has 0 aliphatic carbocycles. The van der Waals surface area contributed by atoms with Gasteiger partial charge in [0.15, 0.2) is 5.78 Å². The first kappa shape index (κ1) is 12.0. The van der Waals surface area contributed by atoms with Crippen molar-refractivity contribution < 1.29 is 19.4 Å². The summed E-state index contributed by atoms with van der Waals surface area (Å²) in [7, 11) is 1.46. The molecule has 0 atom stereocenters. The van der Waals surface area contributed by atoms with Gasteiger partial charge in [-0.1, -0.05) is 6.07 Å². The third kappa shape index (κ3) is 2.95. The molecule has 0 saturated carbocycles. The second-order valence-electron chi connectivity index (χ2n) is 3.19. The van der Waals surface area contributed by atoms with Gasteiger partial charge in [0.1, 0.15) is 5.75 Å². The molecule has 0 fully saturated rings. The molecular weight excluding hydrogens is 208 g/mol. The summed E-state index contributed by atoms with van der Waals surface area (Å²) >= 11 is 0. The Bertz CT molecular complexity index is 446. The predicted octanol–water partition coefficient (Wildman–Crippen LogP) is 2.00. The Morgan fingerprint density at radius 1 is 1.38 bits per heavy atom. The molecule has 1 aromatic rings. The van der Waals surface area contributed by atoms with E-state index in [0.717, 1.165) is 6.08 Å². The van der Waals surface area contributed by atoms with Gasteiger partial charge in [0, 0.05) is 6.08 Å². The molecule has 1 N–H and O–H groups in total. The van der Waals surface area contributed by atoms with Gasteiger partial charge in [0.05, 0.1) is 12.7 Å². The Balaban J connectivity index is 3.09. The topological polar surface area (TPSA) is 63.6 Å². The van der Waals surface area contributed by atoms with Gasteiger partial charge in [-0.2, -0.15) is 0 Å². The van der Waals surface area contributed by atoms with E-state index >= 15 is 0 Å². The Morgan fingerprint density at radius 2 is 2.06 bits per heavy atom. The Morgan fingerprint density at radius 3 is 2.56 bits per heavy atom. The van der Waals surface area contributed by atoms with Crippen LogP contribution in [-0.2, 0) is 4.79 Å². The van der Waals surface area contributed by atoms with E-state index < -0.39 is 5.97 Å². The lowest BCUT2D eigenvalue weighted by molar-refractivity contribution is -0.131. The highest BCUT2D eigenvalue weighted by Crippen LogP contribution is 2.21. The molecule has 1 rings (SSSR count). The normalized spacial score (nSPS) is 10.4. The average Bonchev–Trinajstić information content (AvgIpc) is 2.25. The highest BCUT2D eigenvalue weighted by Gasteiger charge is 2.07. The number of ether oxygens (including phenoxy) is 1. The van der Waals surface area contributed by atoms with Gasteiger partial charge in [0.2, 0.25) is 0 Å². The third-order valence-corrected chi connectivity index (χ3v) is 2.02. The van der Waals surface area contributed by atoms with Crippen molar-refractivity contribution in [1.29, 1.82) is 0 Å². The summed E-state index contributed by atoms with van der Waals surface area (Å²) in [5.74, 6) is -0.666. The first-order valence-electron chi connectivity index (χ1n) is 4.64. The van der Waals surface area contributed by atoms with Crippen molar-refractivity contribution >= 4 is 17.8 Å². The number of carboxylic acid groups (broad SMARTS) is 1. The SMILES string of the molecule is COc1cc(C=CC(=O)O)ccc1C(C)=O. The zero-order valence-corrected chi connectivity index (χ0v) is 9.06. The Labute approximate surface area is 93.2 Å². The van der Waals surface area contributed by atoms with Crippen molar-refractivity contribution in [3.8, 4) is 5.75 Å². The maximum absolute atomic E-state index is 11.2. The lowest BCUT2D eigenvalue weighted by atomic mass is 10.1. The predicted molar refractivity (Wildman–Crippen MR) is 59.7 cm³/mol. The highest BCUT2D eigenvalue weighted by atomic mass is 16.5. The molecule has 0 spiro atoms. The van der Waals surface area contributed by atoms with Crippen LogP contribution in [0.4, 0.5) is 0 Å². The minimum absolute atomic E-state index is 0.0920. The summed E-state index contributed by atoms with van der Waals surface area (Å²) in [6.45, 7) is 1.45. The van der Waals surface area contributed by atoms with E-state index in [9.17, 15) is 9.59 Å². The molecule has 84 valence electrons. The number of rotatable bonds is 4. The Kier molecular flexibility index (Phi) is 3.83. The minimum Gasteiger partial charge on any atom is -0.496 e. The number of carboxylic acids is 1. The van der Waals surface area contributed by atoms with E-state index in [4.69, 9.17) is 9.84 Å². The fourth-order valence-corrected chi connectivity index (χ4v) is 1.27. The number of Topliss-reactive ketones (excluding diaryl/α,β-unsaturated/α-hetero) is 1. The molecule has 0 aliphatic heterocycles. The highest BCUT2D eigenvalue weighted by molar-refractivity contribution is 5.97. The molecule has 0 heterocycles. The molecule has 0 unspecified atom stereocenters. The summed E-state index contributed by atoms with van der Waals surface area (Å²) in [5.41, 5.74) is 1.15. The Hall–Kier alpha value is -2.10. The van der Waals surface area contributed by atoms with Gasteiger partial charge in [-0.15, -0.1) is 0 Å². The van der Waals surface area contributed by atoms with Crippen LogP contribution < -0.4 is 4.74 Å². The summed E-state index contributed by atoms with van der Waals surface area (Å²) in [6.07, 6.45) is 2.47. The van der Waals surface area contributed by atoms with Crippen LogP contribution in [0.15, 0.2) is 24.3 Å². The first-order chi connectivity index (χ1) is 7.54. The summed E-state index contributed by atoms with van der Waals surface area (Å²) < 4.78 is 5.05. The van der Waals surface area contributed by atoms with E-state index in [-0.39, 0.29) is 5.78 Å². The molecule has 4 heteroatoms. The van der Waals surface area contributed by atoms with Crippen molar-refractivity contribution in [2.75, 3.05) is 7.11 Å². The minimum atomic E-state index is -1.02. The van der Waals surface area contributed by atoms with Gasteiger partial charge >= 0.3 is 5.97 Å². The number of methoxy groups -OCH3 is 1. The maximum atomic E-state index is 11.2. The number of aliphatic carboxylic acids is 1. The first-order valence-corrected chi connectivity index (χ1v) is 4.64. The van der Waals surface area contributed by atoms with Gasteiger partial charge < -0.3 is 9.84 Å².